The second-order valence-corrected chi connectivity index (χ2v) is 4.90. The number of benzene rings is 1. The van der Waals surface area contributed by atoms with E-state index in [4.69, 9.17) is 5.73 Å². The Kier molecular flexibility index (Phi) is 2.26. The highest BCUT2D eigenvalue weighted by atomic mass is 15.2. The lowest BCUT2D eigenvalue weighted by Crippen LogP contribution is -2.37. The number of fused-ring (bicyclic) bond motifs is 2. The quantitative estimate of drug-likeness (QED) is 0.789. The van der Waals surface area contributed by atoms with Crippen LogP contribution in [0.1, 0.15) is 18.4 Å². The third-order valence-corrected chi connectivity index (χ3v) is 3.99. The van der Waals surface area contributed by atoms with Crippen molar-refractivity contribution in [2.75, 3.05) is 6.54 Å². The van der Waals surface area contributed by atoms with E-state index in [1.165, 1.54) is 24.9 Å². The van der Waals surface area contributed by atoms with E-state index in [1.54, 1.807) is 0 Å². The standard InChI is InChI=1S/C13H18N2/c14-13-11-6-7-12(13)15(9-11)8-10-4-2-1-3-5-10/h1-5,11-13H,6-9,14H2/t11-,12+,13+/m0/s1. The van der Waals surface area contributed by atoms with E-state index < -0.39 is 0 Å². The SMILES string of the molecule is N[C@@H]1[C@H]2CC[C@H]1N(Cc1ccccc1)C2. The predicted molar refractivity (Wildman–Crippen MR) is 61.3 cm³/mol. The molecular weight excluding hydrogens is 184 g/mol. The molecule has 3 rings (SSSR count). The highest BCUT2D eigenvalue weighted by molar-refractivity contribution is 5.16. The average molecular weight is 202 g/mol. The van der Waals surface area contributed by atoms with E-state index in [9.17, 15) is 0 Å². The van der Waals surface area contributed by atoms with Gasteiger partial charge in [0.1, 0.15) is 0 Å². The van der Waals surface area contributed by atoms with Gasteiger partial charge in [-0.2, -0.15) is 0 Å². The van der Waals surface area contributed by atoms with Crippen LogP contribution in [0.15, 0.2) is 30.3 Å². The van der Waals surface area contributed by atoms with E-state index in [-0.39, 0.29) is 0 Å². The first kappa shape index (κ1) is 9.37. The summed E-state index contributed by atoms with van der Waals surface area (Å²) < 4.78 is 0. The van der Waals surface area contributed by atoms with Crippen LogP contribution in [0.3, 0.4) is 0 Å². The van der Waals surface area contributed by atoms with Crippen molar-refractivity contribution in [3.8, 4) is 0 Å². The summed E-state index contributed by atoms with van der Waals surface area (Å²) in [6.07, 6.45) is 2.65. The van der Waals surface area contributed by atoms with Gasteiger partial charge >= 0.3 is 0 Å². The Morgan fingerprint density at radius 1 is 1.20 bits per heavy atom. The van der Waals surface area contributed by atoms with E-state index >= 15 is 0 Å². The van der Waals surface area contributed by atoms with E-state index in [2.05, 4.69) is 35.2 Å². The highest BCUT2D eigenvalue weighted by Gasteiger charge is 2.44. The van der Waals surface area contributed by atoms with Crippen LogP contribution >= 0.6 is 0 Å². The number of nitrogens with two attached hydrogens (primary N) is 1. The van der Waals surface area contributed by atoms with Gasteiger partial charge < -0.3 is 5.73 Å². The molecule has 1 aromatic carbocycles. The average Bonchev–Trinajstić information content (AvgIpc) is 2.75. The Bertz CT molecular complexity index is 336. The van der Waals surface area contributed by atoms with Gasteiger partial charge in [-0.25, -0.2) is 0 Å². The van der Waals surface area contributed by atoms with Crippen molar-refractivity contribution in [1.82, 2.24) is 4.90 Å². The summed E-state index contributed by atoms with van der Waals surface area (Å²) in [5, 5.41) is 0. The molecule has 1 saturated carbocycles. The molecule has 1 heterocycles. The predicted octanol–water partition coefficient (Wildman–Crippen LogP) is 1.61. The zero-order valence-corrected chi connectivity index (χ0v) is 8.97. The summed E-state index contributed by atoms with van der Waals surface area (Å²) in [4.78, 5) is 2.56. The zero-order valence-electron chi connectivity index (χ0n) is 8.97. The van der Waals surface area contributed by atoms with Crippen LogP contribution in [0.5, 0.6) is 0 Å². The summed E-state index contributed by atoms with van der Waals surface area (Å²) in [7, 11) is 0. The Morgan fingerprint density at radius 2 is 2.00 bits per heavy atom. The van der Waals surface area contributed by atoms with Crippen molar-refractivity contribution in [3.63, 3.8) is 0 Å². The minimum atomic E-state index is 0.439. The Balaban J connectivity index is 1.71. The normalized spacial score (nSPS) is 34.9. The van der Waals surface area contributed by atoms with Gasteiger partial charge in [-0.1, -0.05) is 30.3 Å². The molecule has 0 unspecified atom stereocenters. The first-order valence-electron chi connectivity index (χ1n) is 5.88. The maximum absolute atomic E-state index is 6.19. The fraction of sp³-hybridized carbons (Fsp3) is 0.538. The van der Waals surface area contributed by atoms with Gasteiger partial charge in [-0.05, 0) is 24.3 Å². The second kappa shape index (κ2) is 3.62. The fourth-order valence-electron chi connectivity index (χ4n) is 3.16. The summed E-state index contributed by atoms with van der Waals surface area (Å²) >= 11 is 0. The van der Waals surface area contributed by atoms with Gasteiger partial charge in [0, 0.05) is 25.2 Å². The van der Waals surface area contributed by atoms with Gasteiger partial charge in [-0.3, -0.25) is 4.90 Å². The summed E-state index contributed by atoms with van der Waals surface area (Å²) in [5.41, 5.74) is 7.60. The molecule has 2 aliphatic rings. The molecule has 2 N–H and O–H groups in total. The minimum Gasteiger partial charge on any atom is -0.326 e. The summed E-state index contributed by atoms with van der Waals surface area (Å²) in [6, 6.07) is 11.8. The Morgan fingerprint density at radius 3 is 2.60 bits per heavy atom. The third-order valence-electron chi connectivity index (χ3n) is 3.99. The molecule has 2 nitrogen and oxygen atoms in total. The van der Waals surface area contributed by atoms with Crippen molar-refractivity contribution >= 4 is 0 Å². The van der Waals surface area contributed by atoms with Crippen LogP contribution in [0.25, 0.3) is 0 Å². The van der Waals surface area contributed by atoms with Gasteiger partial charge in [0.05, 0.1) is 0 Å². The molecule has 2 fully saturated rings. The molecule has 0 aromatic heterocycles. The second-order valence-electron chi connectivity index (χ2n) is 4.90. The molecule has 2 bridgehead atoms. The molecule has 0 amide bonds. The Hall–Kier alpha value is -0.860. The topological polar surface area (TPSA) is 29.3 Å². The number of hydrogen-bond acceptors (Lipinski definition) is 2. The molecule has 1 aromatic rings. The summed E-state index contributed by atoms with van der Waals surface area (Å²) in [5.74, 6) is 0.763. The van der Waals surface area contributed by atoms with Crippen molar-refractivity contribution < 1.29 is 0 Å². The largest absolute Gasteiger partial charge is 0.326 e. The third kappa shape index (κ3) is 1.58. The molecule has 1 aliphatic heterocycles. The first-order chi connectivity index (χ1) is 7.34. The van der Waals surface area contributed by atoms with Crippen molar-refractivity contribution in [1.29, 1.82) is 0 Å². The first-order valence-corrected chi connectivity index (χ1v) is 5.88. The van der Waals surface area contributed by atoms with Crippen LogP contribution in [-0.4, -0.2) is 23.5 Å². The Labute approximate surface area is 91.1 Å². The van der Waals surface area contributed by atoms with Crippen LogP contribution in [0, 0.1) is 5.92 Å². The zero-order chi connectivity index (χ0) is 10.3. The maximum atomic E-state index is 6.19. The highest BCUT2D eigenvalue weighted by Crippen LogP contribution is 2.37. The summed E-state index contributed by atoms with van der Waals surface area (Å²) in [6.45, 7) is 2.29. The molecule has 80 valence electrons. The van der Waals surface area contributed by atoms with Crippen molar-refractivity contribution in [3.05, 3.63) is 35.9 Å². The molecule has 1 aliphatic carbocycles. The molecular formula is C13H18N2. The monoisotopic (exact) mass is 202 g/mol. The lowest BCUT2D eigenvalue weighted by Gasteiger charge is -2.26. The molecule has 0 spiro atoms. The van der Waals surface area contributed by atoms with Gasteiger partial charge in [0.15, 0.2) is 0 Å². The molecule has 3 atom stereocenters. The molecule has 0 radical (unpaired) electrons. The van der Waals surface area contributed by atoms with Crippen LogP contribution in [0.2, 0.25) is 0 Å². The molecule has 2 heteroatoms. The van der Waals surface area contributed by atoms with Crippen molar-refractivity contribution in [2.45, 2.75) is 31.5 Å². The van der Waals surface area contributed by atoms with Crippen LogP contribution in [-0.2, 0) is 6.54 Å². The number of piperidine rings is 1. The molecule has 1 saturated heterocycles. The van der Waals surface area contributed by atoms with E-state index in [0.29, 0.717) is 12.1 Å². The van der Waals surface area contributed by atoms with E-state index in [1.807, 2.05) is 0 Å². The lowest BCUT2D eigenvalue weighted by atomic mass is 10.1. The molecule has 15 heavy (non-hydrogen) atoms. The number of likely N-dealkylation sites (tertiary alicyclic amines) is 1. The van der Waals surface area contributed by atoms with Gasteiger partial charge in [0.25, 0.3) is 0 Å². The number of rotatable bonds is 2. The smallest absolute Gasteiger partial charge is 0.0254 e. The minimum absolute atomic E-state index is 0.439. The van der Waals surface area contributed by atoms with E-state index in [0.717, 1.165) is 12.5 Å². The lowest BCUT2D eigenvalue weighted by molar-refractivity contribution is 0.203. The van der Waals surface area contributed by atoms with Gasteiger partial charge in [-0.15, -0.1) is 0 Å². The number of hydrogen-bond donors (Lipinski definition) is 1. The van der Waals surface area contributed by atoms with Crippen LogP contribution < -0.4 is 5.73 Å². The maximum Gasteiger partial charge on any atom is 0.0254 e. The van der Waals surface area contributed by atoms with Crippen LogP contribution in [0.4, 0.5) is 0 Å². The van der Waals surface area contributed by atoms with Crippen molar-refractivity contribution in [2.24, 2.45) is 11.7 Å². The van der Waals surface area contributed by atoms with Gasteiger partial charge in [0.2, 0.25) is 0 Å². The fourth-order valence-corrected chi connectivity index (χ4v) is 3.16. The number of nitrogens with zero attached hydrogens (tertiary/aromatic N) is 1.